The second kappa shape index (κ2) is 14.6. The third kappa shape index (κ3) is 10.8. The average molecular weight is 448 g/mol. The van der Waals surface area contributed by atoms with Crippen LogP contribution in [0.3, 0.4) is 0 Å². The van der Waals surface area contributed by atoms with Gasteiger partial charge in [0.05, 0.1) is 6.61 Å². The van der Waals surface area contributed by atoms with E-state index < -0.39 is 12.1 Å². The van der Waals surface area contributed by atoms with Crippen LogP contribution in [0.15, 0.2) is 24.3 Å². The standard InChI is InChI=1S/C25H41N3O4/c1-17(2)10-8-7-9-11-22(29)28-23(18(3)4)25(31)26-19(5)24(30)27-21-14-12-20(13-15-21)16-32-6/h12-15,17-19,23H,7-11,16H2,1-6H3,(H,26,31)(H,27,30)(H,28,29)/t19-,23-/m0/s1. The van der Waals surface area contributed by atoms with Gasteiger partial charge in [0, 0.05) is 19.2 Å². The number of ether oxygens (including phenoxy) is 1. The molecular formula is C25H41N3O4. The van der Waals surface area contributed by atoms with Crippen molar-refractivity contribution in [3.05, 3.63) is 29.8 Å². The van der Waals surface area contributed by atoms with Crippen molar-refractivity contribution in [2.24, 2.45) is 11.8 Å². The van der Waals surface area contributed by atoms with E-state index in [1.165, 1.54) is 0 Å². The van der Waals surface area contributed by atoms with Gasteiger partial charge in [0.2, 0.25) is 17.7 Å². The summed E-state index contributed by atoms with van der Waals surface area (Å²) in [5.74, 6) is -0.227. The predicted octanol–water partition coefficient (Wildman–Crippen LogP) is 4.02. The highest BCUT2D eigenvalue weighted by molar-refractivity contribution is 5.98. The van der Waals surface area contributed by atoms with E-state index in [1.807, 2.05) is 26.0 Å². The lowest BCUT2D eigenvalue weighted by atomic mass is 10.0. The molecule has 3 amide bonds. The maximum atomic E-state index is 12.7. The first-order valence-corrected chi connectivity index (χ1v) is 11.6. The third-order valence-electron chi connectivity index (χ3n) is 5.24. The van der Waals surface area contributed by atoms with Gasteiger partial charge in [0.15, 0.2) is 0 Å². The largest absolute Gasteiger partial charge is 0.380 e. The number of benzene rings is 1. The van der Waals surface area contributed by atoms with Gasteiger partial charge < -0.3 is 20.7 Å². The minimum absolute atomic E-state index is 0.0940. The van der Waals surface area contributed by atoms with E-state index in [2.05, 4.69) is 29.8 Å². The summed E-state index contributed by atoms with van der Waals surface area (Å²) in [6, 6.07) is 5.90. The van der Waals surface area contributed by atoms with Gasteiger partial charge in [0.1, 0.15) is 12.1 Å². The number of unbranched alkanes of at least 4 members (excludes halogenated alkanes) is 2. The molecule has 0 aliphatic rings. The van der Waals surface area contributed by atoms with Crippen molar-refractivity contribution in [2.75, 3.05) is 12.4 Å². The Kier molecular flexibility index (Phi) is 12.6. The molecule has 180 valence electrons. The summed E-state index contributed by atoms with van der Waals surface area (Å²) in [6.45, 7) is 10.3. The van der Waals surface area contributed by atoms with E-state index in [-0.39, 0.29) is 23.6 Å². The van der Waals surface area contributed by atoms with E-state index >= 15 is 0 Å². The zero-order valence-corrected chi connectivity index (χ0v) is 20.5. The van der Waals surface area contributed by atoms with Crippen molar-refractivity contribution >= 4 is 23.4 Å². The van der Waals surface area contributed by atoms with Crippen LogP contribution in [0.1, 0.15) is 72.3 Å². The third-order valence-corrected chi connectivity index (χ3v) is 5.24. The molecule has 0 radical (unpaired) electrons. The normalized spacial score (nSPS) is 13.0. The van der Waals surface area contributed by atoms with E-state index in [1.54, 1.807) is 26.2 Å². The van der Waals surface area contributed by atoms with Crippen molar-refractivity contribution in [3.8, 4) is 0 Å². The Labute approximate surface area is 193 Å². The topological polar surface area (TPSA) is 96.5 Å². The number of carbonyl (C=O) groups is 3. The van der Waals surface area contributed by atoms with Crippen molar-refractivity contribution in [2.45, 2.75) is 85.4 Å². The Morgan fingerprint density at radius 3 is 2.09 bits per heavy atom. The molecule has 1 aromatic carbocycles. The Hall–Kier alpha value is -2.41. The highest BCUT2D eigenvalue weighted by Gasteiger charge is 2.26. The highest BCUT2D eigenvalue weighted by atomic mass is 16.5. The molecule has 0 bridgehead atoms. The molecule has 32 heavy (non-hydrogen) atoms. The number of hydrogen-bond donors (Lipinski definition) is 3. The molecular weight excluding hydrogens is 406 g/mol. The molecule has 0 aliphatic carbocycles. The molecule has 0 fully saturated rings. The lowest BCUT2D eigenvalue weighted by Crippen LogP contribution is -2.53. The van der Waals surface area contributed by atoms with E-state index in [0.29, 0.717) is 24.6 Å². The molecule has 0 saturated heterocycles. The van der Waals surface area contributed by atoms with Gasteiger partial charge in [-0.2, -0.15) is 0 Å². The van der Waals surface area contributed by atoms with Gasteiger partial charge in [-0.1, -0.05) is 59.1 Å². The summed E-state index contributed by atoms with van der Waals surface area (Å²) in [4.78, 5) is 37.5. The van der Waals surface area contributed by atoms with Gasteiger partial charge in [-0.3, -0.25) is 14.4 Å². The first-order chi connectivity index (χ1) is 15.1. The van der Waals surface area contributed by atoms with Gasteiger partial charge in [-0.25, -0.2) is 0 Å². The molecule has 7 heteroatoms. The summed E-state index contributed by atoms with van der Waals surface area (Å²) in [6.07, 6.45) is 4.50. The summed E-state index contributed by atoms with van der Waals surface area (Å²) >= 11 is 0. The quantitative estimate of drug-likeness (QED) is 0.375. The number of carbonyl (C=O) groups excluding carboxylic acids is 3. The van der Waals surface area contributed by atoms with Crippen molar-refractivity contribution < 1.29 is 19.1 Å². The van der Waals surface area contributed by atoms with E-state index in [4.69, 9.17) is 4.74 Å². The number of rotatable bonds is 14. The second-order valence-corrected chi connectivity index (χ2v) is 9.13. The Balaban J connectivity index is 2.51. The molecule has 0 unspecified atom stereocenters. The van der Waals surface area contributed by atoms with Crippen LogP contribution in [0.5, 0.6) is 0 Å². The number of anilines is 1. The van der Waals surface area contributed by atoms with Gasteiger partial charge in [-0.15, -0.1) is 0 Å². The molecule has 7 nitrogen and oxygen atoms in total. The fourth-order valence-electron chi connectivity index (χ4n) is 3.27. The van der Waals surface area contributed by atoms with Crippen LogP contribution in [-0.4, -0.2) is 36.9 Å². The average Bonchev–Trinajstić information content (AvgIpc) is 2.72. The number of hydrogen-bond acceptors (Lipinski definition) is 4. The van der Waals surface area contributed by atoms with Crippen LogP contribution in [0.4, 0.5) is 5.69 Å². The maximum Gasteiger partial charge on any atom is 0.246 e. The molecule has 3 N–H and O–H groups in total. The molecule has 0 saturated carbocycles. The lowest BCUT2D eigenvalue weighted by molar-refractivity contribution is -0.131. The Morgan fingerprint density at radius 2 is 1.53 bits per heavy atom. The SMILES string of the molecule is COCc1ccc(NC(=O)[C@H](C)NC(=O)[C@@H](NC(=O)CCCCCC(C)C)C(C)C)cc1. The molecule has 0 heterocycles. The van der Waals surface area contributed by atoms with E-state index in [9.17, 15) is 14.4 Å². The van der Waals surface area contributed by atoms with Crippen molar-refractivity contribution in [3.63, 3.8) is 0 Å². The molecule has 0 aliphatic heterocycles. The van der Waals surface area contributed by atoms with Gasteiger partial charge in [-0.05, 0) is 42.9 Å². The highest BCUT2D eigenvalue weighted by Crippen LogP contribution is 2.12. The minimum Gasteiger partial charge on any atom is -0.380 e. The van der Waals surface area contributed by atoms with Crippen molar-refractivity contribution in [1.82, 2.24) is 10.6 Å². The monoisotopic (exact) mass is 447 g/mol. The lowest BCUT2D eigenvalue weighted by Gasteiger charge is -2.24. The van der Waals surface area contributed by atoms with Crippen LogP contribution in [-0.2, 0) is 25.7 Å². The summed E-state index contributed by atoms with van der Waals surface area (Å²) < 4.78 is 5.08. The molecule has 2 atom stereocenters. The van der Waals surface area contributed by atoms with Gasteiger partial charge in [0.25, 0.3) is 0 Å². The second-order valence-electron chi connectivity index (χ2n) is 9.13. The van der Waals surface area contributed by atoms with Crippen LogP contribution in [0.2, 0.25) is 0 Å². The van der Waals surface area contributed by atoms with Crippen LogP contribution in [0, 0.1) is 11.8 Å². The first kappa shape index (κ1) is 27.6. The number of amides is 3. The number of nitrogens with one attached hydrogen (secondary N) is 3. The Bertz CT molecular complexity index is 716. The molecule has 0 spiro atoms. The minimum atomic E-state index is -0.740. The molecule has 0 aromatic heterocycles. The fraction of sp³-hybridized carbons (Fsp3) is 0.640. The fourth-order valence-corrected chi connectivity index (χ4v) is 3.27. The summed E-state index contributed by atoms with van der Waals surface area (Å²) in [5, 5.41) is 8.35. The first-order valence-electron chi connectivity index (χ1n) is 11.6. The van der Waals surface area contributed by atoms with Crippen LogP contribution >= 0.6 is 0 Å². The molecule has 1 rings (SSSR count). The van der Waals surface area contributed by atoms with E-state index in [0.717, 1.165) is 31.2 Å². The maximum absolute atomic E-state index is 12.7. The predicted molar refractivity (Wildman–Crippen MR) is 128 cm³/mol. The van der Waals surface area contributed by atoms with Crippen LogP contribution in [0.25, 0.3) is 0 Å². The van der Waals surface area contributed by atoms with Crippen LogP contribution < -0.4 is 16.0 Å². The smallest absolute Gasteiger partial charge is 0.246 e. The van der Waals surface area contributed by atoms with Gasteiger partial charge >= 0.3 is 0 Å². The Morgan fingerprint density at radius 1 is 0.875 bits per heavy atom. The number of methoxy groups -OCH3 is 1. The zero-order valence-electron chi connectivity index (χ0n) is 20.5. The van der Waals surface area contributed by atoms with Crippen molar-refractivity contribution in [1.29, 1.82) is 0 Å². The molecule has 1 aromatic rings. The summed E-state index contributed by atoms with van der Waals surface area (Å²) in [5.41, 5.74) is 1.64. The zero-order chi connectivity index (χ0) is 24.1. The summed E-state index contributed by atoms with van der Waals surface area (Å²) in [7, 11) is 1.63.